The standard InChI is InChI=1S/C14H20BrN3O/c1-10(16-2)12-8-11(15)4-5-13(12)18-7-6-17(3)14(19)9-18/h4-5,8,10,16H,6-7,9H2,1-3H3. The molecule has 0 bridgehead atoms. The SMILES string of the molecule is CNC(C)c1cc(Br)ccc1N1CCN(C)C(=O)C1. The van der Waals surface area contributed by atoms with Crippen molar-refractivity contribution in [1.29, 1.82) is 0 Å². The van der Waals surface area contributed by atoms with E-state index in [-0.39, 0.29) is 11.9 Å². The molecule has 1 aromatic carbocycles. The van der Waals surface area contributed by atoms with Gasteiger partial charge in [-0.15, -0.1) is 0 Å². The number of benzene rings is 1. The summed E-state index contributed by atoms with van der Waals surface area (Å²) in [4.78, 5) is 15.8. The quantitative estimate of drug-likeness (QED) is 0.923. The maximum absolute atomic E-state index is 11.9. The van der Waals surface area contributed by atoms with Gasteiger partial charge < -0.3 is 15.1 Å². The Hall–Kier alpha value is -1.07. The second kappa shape index (κ2) is 5.92. The van der Waals surface area contributed by atoms with Crippen LogP contribution < -0.4 is 10.2 Å². The Kier molecular flexibility index (Phi) is 4.47. The summed E-state index contributed by atoms with van der Waals surface area (Å²) >= 11 is 3.52. The van der Waals surface area contributed by atoms with Crippen LogP contribution in [0, 0.1) is 0 Å². The van der Waals surface area contributed by atoms with E-state index < -0.39 is 0 Å². The number of carbonyl (C=O) groups is 1. The smallest absolute Gasteiger partial charge is 0.241 e. The van der Waals surface area contributed by atoms with E-state index in [4.69, 9.17) is 0 Å². The molecule has 2 rings (SSSR count). The number of rotatable bonds is 3. The number of hydrogen-bond donors (Lipinski definition) is 1. The Morgan fingerprint density at radius 2 is 2.11 bits per heavy atom. The Labute approximate surface area is 122 Å². The van der Waals surface area contributed by atoms with Gasteiger partial charge in [0.05, 0.1) is 6.54 Å². The summed E-state index contributed by atoms with van der Waals surface area (Å²) in [6, 6.07) is 6.50. The second-order valence-electron chi connectivity index (χ2n) is 4.95. The first kappa shape index (κ1) is 14.3. The minimum Gasteiger partial charge on any atom is -0.360 e. The molecule has 0 aromatic heterocycles. The van der Waals surface area contributed by atoms with Crippen molar-refractivity contribution < 1.29 is 4.79 Å². The molecule has 0 saturated carbocycles. The van der Waals surface area contributed by atoms with Crippen LogP contribution in [0.2, 0.25) is 0 Å². The molecular formula is C14H20BrN3O. The molecule has 1 aliphatic rings. The minimum atomic E-state index is 0.178. The average Bonchev–Trinajstić information content (AvgIpc) is 2.41. The maximum Gasteiger partial charge on any atom is 0.241 e. The van der Waals surface area contributed by atoms with Crippen molar-refractivity contribution in [3.8, 4) is 0 Å². The van der Waals surface area contributed by atoms with Gasteiger partial charge in [-0.25, -0.2) is 0 Å². The molecule has 1 heterocycles. The Bertz CT molecular complexity index is 478. The highest BCUT2D eigenvalue weighted by atomic mass is 79.9. The number of piperazine rings is 1. The van der Waals surface area contributed by atoms with E-state index in [1.165, 1.54) is 5.56 Å². The normalized spacial score (nSPS) is 17.8. The third-order valence-electron chi connectivity index (χ3n) is 3.69. The lowest BCUT2D eigenvalue weighted by atomic mass is 10.0. The molecule has 1 fully saturated rings. The van der Waals surface area contributed by atoms with Crippen molar-refractivity contribution in [2.75, 3.05) is 38.6 Å². The molecule has 104 valence electrons. The molecule has 1 aromatic rings. The lowest BCUT2D eigenvalue weighted by Gasteiger charge is -2.35. The van der Waals surface area contributed by atoms with Gasteiger partial charge in [0, 0.05) is 36.3 Å². The molecule has 1 N–H and O–H groups in total. The van der Waals surface area contributed by atoms with Crippen LogP contribution in [-0.4, -0.2) is 44.5 Å². The van der Waals surface area contributed by atoms with E-state index in [2.05, 4.69) is 45.2 Å². The van der Waals surface area contributed by atoms with Gasteiger partial charge in [0.2, 0.25) is 5.91 Å². The van der Waals surface area contributed by atoms with Crippen LogP contribution in [0.15, 0.2) is 22.7 Å². The fourth-order valence-electron chi connectivity index (χ4n) is 2.28. The number of hydrogen-bond acceptors (Lipinski definition) is 3. The predicted molar refractivity (Wildman–Crippen MR) is 81.5 cm³/mol. The van der Waals surface area contributed by atoms with Gasteiger partial charge in [-0.05, 0) is 37.7 Å². The predicted octanol–water partition coefficient (Wildman–Crippen LogP) is 2.01. The molecule has 5 heteroatoms. The highest BCUT2D eigenvalue weighted by Gasteiger charge is 2.23. The van der Waals surface area contributed by atoms with Crippen LogP contribution in [0.1, 0.15) is 18.5 Å². The van der Waals surface area contributed by atoms with Crippen LogP contribution in [-0.2, 0) is 4.79 Å². The zero-order chi connectivity index (χ0) is 14.0. The lowest BCUT2D eigenvalue weighted by Crippen LogP contribution is -2.49. The van der Waals surface area contributed by atoms with Crippen molar-refractivity contribution >= 4 is 27.5 Å². The Balaban J connectivity index is 2.31. The van der Waals surface area contributed by atoms with Gasteiger partial charge in [-0.2, -0.15) is 0 Å². The van der Waals surface area contributed by atoms with Crippen molar-refractivity contribution in [2.24, 2.45) is 0 Å². The van der Waals surface area contributed by atoms with Crippen molar-refractivity contribution in [3.63, 3.8) is 0 Å². The summed E-state index contributed by atoms with van der Waals surface area (Å²) < 4.78 is 1.06. The van der Waals surface area contributed by atoms with Gasteiger partial charge >= 0.3 is 0 Å². The first-order valence-electron chi connectivity index (χ1n) is 6.48. The number of nitrogens with zero attached hydrogens (tertiary/aromatic N) is 2. The highest BCUT2D eigenvalue weighted by Crippen LogP contribution is 2.30. The van der Waals surface area contributed by atoms with Gasteiger partial charge in [0.1, 0.15) is 0 Å². The molecule has 1 unspecified atom stereocenters. The van der Waals surface area contributed by atoms with E-state index in [1.807, 2.05) is 20.2 Å². The molecule has 1 saturated heterocycles. The van der Waals surface area contributed by atoms with Crippen molar-refractivity contribution in [2.45, 2.75) is 13.0 Å². The Morgan fingerprint density at radius 1 is 1.37 bits per heavy atom. The molecular weight excluding hydrogens is 306 g/mol. The van der Waals surface area contributed by atoms with E-state index in [0.29, 0.717) is 6.54 Å². The molecule has 1 amide bonds. The summed E-state index contributed by atoms with van der Waals surface area (Å²) in [5, 5.41) is 3.27. The fourth-order valence-corrected chi connectivity index (χ4v) is 2.66. The largest absolute Gasteiger partial charge is 0.360 e. The average molecular weight is 326 g/mol. The number of carbonyl (C=O) groups excluding carboxylic acids is 1. The molecule has 0 aliphatic carbocycles. The van der Waals surface area contributed by atoms with Crippen LogP contribution >= 0.6 is 15.9 Å². The molecule has 4 nitrogen and oxygen atoms in total. The molecule has 0 spiro atoms. The van der Waals surface area contributed by atoms with Crippen molar-refractivity contribution in [1.82, 2.24) is 10.2 Å². The Morgan fingerprint density at radius 3 is 2.74 bits per heavy atom. The zero-order valence-electron chi connectivity index (χ0n) is 11.6. The maximum atomic E-state index is 11.9. The van der Waals surface area contributed by atoms with E-state index in [9.17, 15) is 4.79 Å². The number of anilines is 1. The minimum absolute atomic E-state index is 0.178. The summed E-state index contributed by atoms with van der Waals surface area (Å²) in [7, 11) is 3.81. The van der Waals surface area contributed by atoms with Crippen LogP contribution in [0.4, 0.5) is 5.69 Å². The number of likely N-dealkylation sites (N-methyl/N-ethyl adjacent to an activating group) is 1. The summed E-state index contributed by atoms with van der Waals surface area (Å²) in [5.74, 6) is 0.178. The topological polar surface area (TPSA) is 35.6 Å². The summed E-state index contributed by atoms with van der Waals surface area (Å²) in [6.07, 6.45) is 0. The first-order chi connectivity index (χ1) is 9.02. The zero-order valence-corrected chi connectivity index (χ0v) is 13.2. The van der Waals surface area contributed by atoms with Crippen LogP contribution in [0.3, 0.4) is 0 Å². The van der Waals surface area contributed by atoms with E-state index in [1.54, 1.807) is 4.90 Å². The number of amides is 1. The summed E-state index contributed by atoms with van der Waals surface area (Å²) in [6.45, 7) is 4.25. The van der Waals surface area contributed by atoms with Gasteiger partial charge in [0.15, 0.2) is 0 Å². The molecule has 1 atom stereocenters. The lowest BCUT2D eigenvalue weighted by molar-refractivity contribution is -0.129. The van der Waals surface area contributed by atoms with Gasteiger partial charge in [-0.1, -0.05) is 15.9 Å². The monoisotopic (exact) mass is 325 g/mol. The van der Waals surface area contributed by atoms with Crippen LogP contribution in [0.25, 0.3) is 0 Å². The van der Waals surface area contributed by atoms with E-state index in [0.717, 1.165) is 23.2 Å². The third-order valence-corrected chi connectivity index (χ3v) is 4.18. The fraction of sp³-hybridized carbons (Fsp3) is 0.500. The van der Waals surface area contributed by atoms with Gasteiger partial charge in [-0.3, -0.25) is 4.79 Å². The molecule has 1 aliphatic heterocycles. The van der Waals surface area contributed by atoms with Crippen LogP contribution in [0.5, 0.6) is 0 Å². The first-order valence-corrected chi connectivity index (χ1v) is 7.28. The van der Waals surface area contributed by atoms with E-state index >= 15 is 0 Å². The summed E-state index contributed by atoms with van der Waals surface area (Å²) in [5.41, 5.74) is 2.36. The highest BCUT2D eigenvalue weighted by molar-refractivity contribution is 9.10. The second-order valence-corrected chi connectivity index (χ2v) is 5.87. The van der Waals surface area contributed by atoms with Crippen molar-refractivity contribution in [3.05, 3.63) is 28.2 Å². The van der Waals surface area contributed by atoms with Gasteiger partial charge in [0.25, 0.3) is 0 Å². The molecule has 19 heavy (non-hydrogen) atoms. The third kappa shape index (κ3) is 3.09. The molecule has 0 radical (unpaired) electrons. The number of halogens is 1. The number of nitrogens with one attached hydrogen (secondary N) is 1.